The molecule has 0 unspecified atom stereocenters. The monoisotopic (exact) mass is 390 g/mol. The van der Waals surface area contributed by atoms with E-state index in [1.165, 1.54) is 15.6 Å². The molecule has 9 heteroatoms. The lowest BCUT2D eigenvalue weighted by Gasteiger charge is -2.33. The molecule has 1 saturated heterocycles. The van der Waals surface area contributed by atoms with Crippen molar-refractivity contribution in [3.05, 3.63) is 47.3 Å². The second kappa shape index (κ2) is 7.97. The lowest BCUT2D eigenvalue weighted by atomic mass is 10.2. The van der Waals surface area contributed by atoms with Gasteiger partial charge < -0.3 is 5.32 Å². The molecule has 1 N–H and O–H groups in total. The summed E-state index contributed by atoms with van der Waals surface area (Å²) in [4.78, 5) is 14.1. The Morgan fingerprint density at radius 1 is 1.15 bits per heavy atom. The Labute approximate surface area is 156 Å². The van der Waals surface area contributed by atoms with Gasteiger partial charge in [0.2, 0.25) is 5.91 Å². The molecule has 0 atom stereocenters. The zero-order valence-corrected chi connectivity index (χ0v) is 15.6. The number of amides is 1. The van der Waals surface area contributed by atoms with Crippen LogP contribution in [0.4, 0.5) is 5.69 Å². The van der Waals surface area contributed by atoms with Crippen LogP contribution >= 0.6 is 11.3 Å². The molecule has 3 rings (SSSR count). The van der Waals surface area contributed by atoms with Crippen LogP contribution in [0.25, 0.3) is 0 Å². The molecule has 1 aliphatic rings. The Morgan fingerprint density at radius 2 is 1.88 bits per heavy atom. The number of carbonyl (C=O) groups is 1. The summed E-state index contributed by atoms with van der Waals surface area (Å²) in [6, 6.07) is 12.2. The minimum atomic E-state index is -3.44. The summed E-state index contributed by atoms with van der Waals surface area (Å²) in [5.74, 6) is -0.220. The molecule has 1 aliphatic heterocycles. The first-order valence-electron chi connectivity index (χ1n) is 8.05. The van der Waals surface area contributed by atoms with Crippen LogP contribution in [-0.4, -0.2) is 56.3 Å². The Bertz CT molecular complexity index is 912. The van der Waals surface area contributed by atoms with Crippen molar-refractivity contribution in [3.8, 4) is 6.07 Å². The van der Waals surface area contributed by atoms with Gasteiger partial charge in [0.05, 0.1) is 17.8 Å². The van der Waals surface area contributed by atoms with E-state index < -0.39 is 10.0 Å². The lowest BCUT2D eigenvalue weighted by molar-refractivity contribution is -0.117. The Morgan fingerprint density at radius 3 is 2.54 bits per heavy atom. The van der Waals surface area contributed by atoms with E-state index in [0.717, 1.165) is 0 Å². The molecule has 1 amide bonds. The van der Waals surface area contributed by atoms with Crippen LogP contribution in [0.15, 0.2) is 46.0 Å². The van der Waals surface area contributed by atoms with Gasteiger partial charge in [0.1, 0.15) is 10.3 Å². The van der Waals surface area contributed by atoms with Crippen LogP contribution in [0.5, 0.6) is 0 Å². The van der Waals surface area contributed by atoms with Gasteiger partial charge in [-0.25, -0.2) is 8.42 Å². The lowest BCUT2D eigenvalue weighted by Crippen LogP contribution is -2.50. The highest BCUT2D eigenvalue weighted by molar-refractivity contribution is 7.91. The fourth-order valence-corrected chi connectivity index (χ4v) is 5.31. The van der Waals surface area contributed by atoms with Gasteiger partial charge in [0.15, 0.2) is 0 Å². The van der Waals surface area contributed by atoms with E-state index in [-0.39, 0.29) is 12.5 Å². The van der Waals surface area contributed by atoms with E-state index in [9.17, 15) is 13.2 Å². The first-order valence-corrected chi connectivity index (χ1v) is 10.4. The Balaban J connectivity index is 1.54. The van der Waals surface area contributed by atoms with Crippen LogP contribution in [0.2, 0.25) is 0 Å². The summed E-state index contributed by atoms with van der Waals surface area (Å²) >= 11 is 1.21. The largest absolute Gasteiger partial charge is 0.324 e. The third-order valence-electron chi connectivity index (χ3n) is 4.11. The van der Waals surface area contributed by atoms with Crippen molar-refractivity contribution in [3.63, 3.8) is 0 Å². The molecular weight excluding hydrogens is 372 g/mol. The highest BCUT2D eigenvalue weighted by Crippen LogP contribution is 2.22. The highest BCUT2D eigenvalue weighted by atomic mass is 32.2. The van der Waals surface area contributed by atoms with Crippen molar-refractivity contribution in [2.24, 2.45) is 0 Å². The van der Waals surface area contributed by atoms with Gasteiger partial charge in [-0.1, -0.05) is 18.2 Å². The molecule has 136 valence electrons. The third kappa shape index (κ3) is 4.11. The number of nitrogens with one attached hydrogen (secondary N) is 1. The number of sulfonamides is 1. The van der Waals surface area contributed by atoms with Gasteiger partial charge in [-0.3, -0.25) is 9.69 Å². The van der Waals surface area contributed by atoms with E-state index in [4.69, 9.17) is 5.26 Å². The maximum Gasteiger partial charge on any atom is 0.252 e. The second-order valence-electron chi connectivity index (χ2n) is 5.82. The highest BCUT2D eigenvalue weighted by Gasteiger charge is 2.29. The molecule has 7 nitrogen and oxygen atoms in total. The number of nitrogens with zero attached hydrogens (tertiary/aromatic N) is 3. The standard InChI is InChI=1S/C17H18N4O3S2/c18-12-14-4-1-2-5-15(14)19-16(22)13-20-7-9-21(10-8-20)26(23,24)17-6-3-11-25-17/h1-6,11H,7-10,13H2,(H,19,22). The van der Waals surface area contributed by atoms with Gasteiger partial charge in [-0.05, 0) is 23.6 Å². The zero-order valence-electron chi connectivity index (χ0n) is 14.0. The smallest absolute Gasteiger partial charge is 0.252 e. The number of carbonyl (C=O) groups excluding carboxylic acids is 1. The zero-order chi connectivity index (χ0) is 18.6. The molecule has 0 saturated carbocycles. The van der Waals surface area contributed by atoms with Crippen molar-refractivity contribution in [1.29, 1.82) is 5.26 Å². The molecule has 0 bridgehead atoms. The van der Waals surface area contributed by atoms with Crippen LogP contribution in [0.1, 0.15) is 5.56 Å². The molecule has 0 aliphatic carbocycles. The predicted molar refractivity (Wildman–Crippen MR) is 99.3 cm³/mol. The number of thiophene rings is 1. The van der Waals surface area contributed by atoms with Crippen molar-refractivity contribution < 1.29 is 13.2 Å². The molecule has 0 spiro atoms. The van der Waals surface area contributed by atoms with Crippen molar-refractivity contribution in [2.75, 3.05) is 38.0 Å². The topological polar surface area (TPSA) is 93.5 Å². The number of hydrogen-bond acceptors (Lipinski definition) is 6. The van der Waals surface area contributed by atoms with E-state index in [0.29, 0.717) is 41.6 Å². The number of rotatable bonds is 5. The first-order chi connectivity index (χ1) is 12.5. The molecular formula is C17H18N4O3S2. The molecule has 2 heterocycles. The summed E-state index contributed by atoms with van der Waals surface area (Å²) < 4.78 is 26.8. The fraction of sp³-hybridized carbons (Fsp3) is 0.294. The number of nitriles is 1. The number of benzene rings is 1. The molecule has 26 heavy (non-hydrogen) atoms. The Hall–Kier alpha value is -2.25. The number of para-hydroxylation sites is 1. The van der Waals surface area contributed by atoms with Crippen LogP contribution in [0, 0.1) is 11.3 Å². The molecule has 1 aromatic heterocycles. The van der Waals surface area contributed by atoms with E-state index >= 15 is 0 Å². The van der Waals surface area contributed by atoms with Crippen molar-refractivity contribution in [1.82, 2.24) is 9.21 Å². The summed E-state index contributed by atoms with van der Waals surface area (Å²) in [6.07, 6.45) is 0. The average Bonchev–Trinajstić information content (AvgIpc) is 3.18. The molecule has 1 aromatic carbocycles. The van der Waals surface area contributed by atoms with E-state index in [1.807, 2.05) is 11.0 Å². The number of anilines is 1. The minimum absolute atomic E-state index is 0.159. The van der Waals surface area contributed by atoms with Gasteiger partial charge in [0, 0.05) is 26.2 Å². The van der Waals surface area contributed by atoms with Gasteiger partial charge >= 0.3 is 0 Å². The van der Waals surface area contributed by atoms with Crippen LogP contribution in [-0.2, 0) is 14.8 Å². The first kappa shape index (κ1) is 18.5. The van der Waals surface area contributed by atoms with Gasteiger partial charge in [-0.2, -0.15) is 9.57 Å². The number of hydrogen-bond donors (Lipinski definition) is 1. The maximum atomic E-state index is 12.5. The number of piperazine rings is 1. The molecule has 0 radical (unpaired) electrons. The van der Waals surface area contributed by atoms with Crippen LogP contribution in [0.3, 0.4) is 0 Å². The average molecular weight is 390 g/mol. The van der Waals surface area contributed by atoms with E-state index in [1.54, 1.807) is 41.8 Å². The minimum Gasteiger partial charge on any atom is -0.324 e. The van der Waals surface area contributed by atoms with Crippen molar-refractivity contribution >= 4 is 33.0 Å². The summed E-state index contributed by atoms with van der Waals surface area (Å²) in [6.45, 7) is 1.83. The summed E-state index contributed by atoms with van der Waals surface area (Å²) in [5, 5.41) is 13.5. The summed E-state index contributed by atoms with van der Waals surface area (Å²) in [7, 11) is -3.44. The second-order valence-corrected chi connectivity index (χ2v) is 8.93. The van der Waals surface area contributed by atoms with Gasteiger partial charge in [0.25, 0.3) is 10.0 Å². The van der Waals surface area contributed by atoms with Crippen molar-refractivity contribution in [2.45, 2.75) is 4.21 Å². The van der Waals surface area contributed by atoms with Gasteiger partial charge in [-0.15, -0.1) is 11.3 Å². The SMILES string of the molecule is N#Cc1ccccc1NC(=O)CN1CCN(S(=O)(=O)c2cccs2)CC1. The maximum absolute atomic E-state index is 12.5. The van der Waals surface area contributed by atoms with E-state index in [2.05, 4.69) is 5.32 Å². The predicted octanol–water partition coefficient (Wildman–Crippen LogP) is 1.56. The van der Waals surface area contributed by atoms with Crippen LogP contribution < -0.4 is 5.32 Å². The fourth-order valence-electron chi connectivity index (χ4n) is 2.75. The third-order valence-corrected chi connectivity index (χ3v) is 7.38. The molecule has 1 fully saturated rings. The normalized spacial score (nSPS) is 16.1. The molecule has 2 aromatic rings. The quantitative estimate of drug-likeness (QED) is 0.836. The summed E-state index contributed by atoms with van der Waals surface area (Å²) in [5.41, 5.74) is 0.895. The Kier molecular flexibility index (Phi) is 5.68.